The van der Waals surface area contributed by atoms with E-state index in [1.54, 1.807) is 6.07 Å². The van der Waals surface area contributed by atoms with E-state index in [1.165, 1.54) is 17.8 Å². The smallest absolute Gasteiger partial charge is 0.269 e. The fourth-order valence-electron chi connectivity index (χ4n) is 2.27. The Morgan fingerprint density at radius 3 is 2.50 bits per heavy atom. The third-order valence-corrected chi connectivity index (χ3v) is 3.56. The van der Waals surface area contributed by atoms with E-state index in [2.05, 4.69) is 27.8 Å². The first-order chi connectivity index (χ1) is 11.7. The topological polar surface area (TPSA) is 71.1 Å². The predicted molar refractivity (Wildman–Crippen MR) is 94.0 cm³/mol. The van der Waals surface area contributed by atoms with Gasteiger partial charge in [0.05, 0.1) is 0 Å². The highest BCUT2D eigenvalue weighted by Crippen LogP contribution is 2.04. The Hall–Kier alpha value is -2.69. The van der Waals surface area contributed by atoms with Crippen molar-refractivity contribution in [3.63, 3.8) is 0 Å². The zero-order valence-corrected chi connectivity index (χ0v) is 13.9. The molecule has 1 heterocycles. The number of hydrogen-bond acceptors (Lipinski definition) is 3. The van der Waals surface area contributed by atoms with Crippen LogP contribution >= 0.6 is 0 Å². The van der Waals surface area contributed by atoms with Crippen molar-refractivity contribution < 1.29 is 9.59 Å². The lowest BCUT2D eigenvalue weighted by Crippen LogP contribution is -2.27. The number of aromatic nitrogens is 1. The molecule has 0 spiro atoms. The lowest BCUT2D eigenvalue weighted by molar-refractivity contribution is 0.0948. The first kappa shape index (κ1) is 17.7. The Morgan fingerprint density at radius 1 is 1.00 bits per heavy atom. The van der Waals surface area contributed by atoms with E-state index in [0.717, 1.165) is 19.3 Å². The van der Waals surface area contributed by atoms with Gasteiger partial charge >= 0.3 is 0 Å². The molecule has 5 nitrogen and oxygen atoms in total. The summed E-state index contributed by atoms with van der Waals surface area (Å²) in [5, 5.41) is 5.63. The van der Waals surface area contributed by atoms with Crippen LogP contribution in [-0.2, 0) is 6.42 Å². The van der Waals surface area contributed by atoms with Crippen molar-refractivity contribution in [3.05, 3.63) is 65.5 Å². The number of carbonyl (C=O) groups is 2. The quantitative estimate of drug-likeness (QED) is 0.733. The molecule has 0 fully saturated rings. The van der Waals surface area contributed by atoms with Crippen molar-refractivity contribution in [2.45, 2.75) is 26.2 Å². The third-order valence-electron chi connectivity index (χ3n) is 3.56. The van der Waals surface area contributed by atoms with Crippen molar-refractivity contribution in [2.75, 3.05) is 13.1 Å². The average molecular weight is 325 g/mol. The summed E-state index contributed by atoms with van der Waals surface area (Å²) in [4.78, 5) is 28.1. The molecule has 0 aliphatic heterocycles. The van der Waals surface area contributed by atoms with Gasteiger partial charge in [0.1, 0.15) is 5.69 Å². The number of rotatable bonds is 8. The van der Waals surface area contributed by atoms with E-state index in [0.29, 0.717) is 18.7 Å². The molecule has 2 rings (SSSR count). The van der Waals surface area contributed by atoms with E-state index in [1.807, 2.05) is 25.1 Å². The van der Waals surface area contributed by atoms with Gasteiger partial charge in [-0.05, 0) is 37.0 Å². The summed E-state index contributed by atoms with van der Waals surface area (Å²) in [6.07, 6.45) is 4.12. The van der Waals surface area contributed by atoms with Gasteiger partial charge in [-0.2, -0.15) is 0 Å². The monoisotopic (exact) mass is 325 g/mol. The number of pyridine rings is 1. The van der Waals surface area contributed by atoms with E-state index < -0.39 is 0 Å². The highest BCUT2D eigenvalue weighted by Gasteiger charge is 2.11. The molecule has 126 valence electrons. The maximum Gasteiger partial charge on any atom is 0.269 e. The van der Waals surface area contributed by atoms with Gasteiger partial charge in [-0.3, -0.25) is 14.6 Å². The average Bonchev–Trinajstić information content (AvgIpc) is 2.64. The zero-order valence-electron chi connectivity index (χ0n) is 13.9. The van der Waals surface area contributed by atoms with Gasteiger partial charge in [-0.15, -0.1) is 0 Å². The summed E-state index contributed by atoms with van der Waals surface area (Å²) in [6, 6.07) is 13.3. The Balaban J connectivity index is 1.82. The van der Waals surface area contributed by atoms with Gasteiger partial charge < -0.3 is 10.6 Å². The minimum Gasteiger partial charge on any atom is -0.352 e. The van der Waals surface area contributed by atoms with Crippen LogP contribution in [-0.4, -0.2) is 29.9 Å². The standard InChI is InChI=1S/C19H23N3O2/c1-2-11-21-18(23)16-10-13-20-17(14-16)19(24)22-12-6-9-15-7-4-3-5-8-15/h3-5,7-8,10,13-14H,2,6,9,11-12H2,1H3,(H,21,23)(H,22,24). The van der Waals surface area contributed by atoms with Crippen LogP contribution in [0, 0.1) is 0 Å². The van der Waals surface area contributed by atoms with Crippen LogP contribution in [0.1, 0.15) is 46.2 Å². The molecule has 0 bridgehead atoms. The highest BCUT2D eigenvalue weighted by molar-refractivity contribution is 5.98. The van der Waals surface area contributed by atoms with Gasteiger partial charge in [0.15, 0.2) is 0 Å². The molecule has 0 saturated carbocycles. The summed E-state index contributed by atoms with van der Waals surface area (Å²) >= 11 is 0. The van der Waals surface area contributed by atoms with Gasteiger partial charge in [0.25, 0.3) is 11.8 Å². The summed E-state index contributed by atoms with van der Waals surface area (Å²) < 4.78 is 0. The number of nitrogens with zero attached hydrogens (tertiary/aromatic N) is 1. The third kappa shape index (κ3) is 5.50. The second-order valence-corrected chi connectivity index (χ2v) is 5.53. The van der Waals surface area contributed by atoms with Crippen molar-refractivity contribution in [2.24, 2.45) is 0 Å². The van der Waals surface area contributed by atoms with E-state index in [4.69, 9.17) is 0 Å². The molecule has 2 amide bonds. The number of nitrogens with one attached hydrogen (secondary N) is 2. The van der Waals surface area contributed by atoms with Crippen LogP contribution in [0.5, 0.6) is 0 Å². The fraction of sp³-hybridized carbons (Fsp3) is 0.316. The lowest BCUT2D eigenvalue weighted by atomic mass is 10.1. The number of hydrogen-bond donors (Lipinski definition) is 2. The Morgan fingerprint density at radius 2 is 1.75 bits per heavy atom. The van der Waals surface area contributed by atoms with Crippen LogP contribution < -0.4 is 10.6 Å². The zero-order chi connectivity index (χ0) is 17.2. The minimum atomic E-state index is -0.256. The Bertz CT molecular complexity index is 671. The summed E-state index contributed by atoms with van der Waals surface area (Å²) in [7, 11) is 0. The number of aryl methyl sites for hydroxylation is 1. The number of benzene rings is 1. The molecule has 0 unspecified atom stereocenters. The molecule has 0 aliphatic rings. The molecule has 0 saturated heterocycles. The molecule has 1 aromatic carbocycles. The maximum atomic E-state index is 12.1. The van der Waals surface area contributed by atoms with Crippen LogP contribution in [0.15, 0.2) is 48.7 Å². The molecule has 0 aliphatic carbocycles. The van der Waals surface area contributed by atoms with Crippen LogP contribution in [0.3, 0.4) is 0 Å². The predicted octanol–water partition coefficient (Wildman–Crippen LogP) is 2.58. The Kier molecular flexibility index (Phi) is 6.95. The molecular weight excluding hydrogens is 302 g/mol. The molecular formula is C19H23N3O2. The van der Waals surface area contributed by atoms with Crippen LogP contribution in [0.25, 0.3) is 0 Å². The highest BCUT2D eigenvalue weighted by atomic mass is 16.2. The van der Waals surface area contributed by atoms with Crippen molar-refractivity contribution in [1.82, 2.24) is 15.6 Å². The number of amides is 2. The minimum absolute atomic E-state index is 0.183. The molecule has 1 aromatic heterocycles. The summed E-state index contributed by atoms with van der Waals surface area (Å²) in [5.74, 6) is -0.439. The lowest BCUT2D eigenvalue weighted by Gasteiger charge is -2.07. The van der Waals surface area contributed by atoms with Gasteiger partial charge in [-0.1, -0.05) is 37.3 Å². The van der Waals surface area contributed by atoms with E-state index in [-0.39, 0.29) is 17.5 Å². The van der Waals surface area contributed by atoms with E-state index >= 15 is 0 Å². The number of carbonyl (C=O) groups excluding carboxylic acids is 2. The van der Waals surface area contributed by atoms with E-state index in [9.17, 15) is 9.59 Å². The largest absolute Gasteiger partial charge is 0.352 e. The van der Waals surface area contributed by atoms with Crippen LogP contribution in [0.4, 0.5) is 0 Å². The SMILES string of the molecule is CCCNC(=O)c1ccnc(C(=O)NCCCc2ccccc2)c1. The molecule has 5 heteroatoms. The van der Waals surface area contributed by atoms with Gasteiger partial charge in [0.2, 0.25) is 0 Å². The molecule has 2 aromatic rings. The van der Waals surface area contributed by atoms with Crippen molar-refractivity contribution in [1.29, 1.82) is 0 Å². The summed E-state index contributed by atoms with van der Waals surface area (Å²) in [6.45, 7) is 3.17. The molecule has 0 radical (unpaired) electrons. The Labute approximate surface area is 142 Å². The van der Waals surface area contributed by atoms with Crippen molar-refractivity contribution >= 4 is 11.8 Å². The molecule has 0 atom stereocenters. The molecule has 2 N–H and O–H groups in total. The normalized spacial score (nSPS) is 10.2. The van der Waals surface area contributed by atoms with Crippen molar-refractivity contribution in [3.8, 4) is 0 Å². The van der Waals surface area contributed by atoms with Gasteiger partial charge in [0, 0.05) is 24.8 Å². The molecule has 24 heavy (non-hydrogen) atoms. The van der Waals surface area contributed by atoms with Gasteiger partial charge in [-0.25, -0.2) is 0 Å². The first-order valence-corrected chi connectivity index (χ1v) is 8.27. The first-order valence-electron chi connectivity index (χ1n) is 8.27. The fourth-order valence-corrected chi connectivity index (χ4v) is 2.27. The second kappa shape index (κ2) is 9.45. The van der Waals surface area contributed by atoms with Crippen LogP contribution in [0.2, 0.25) is 0 Å². The maximum absolute atomic E-state index is 12.1. The summed E-state index contributed by atoms with van der Waals surface area (Å²) in [5.41, 5.74) is 1.96. The second-order valence-electron chi connectivity index (χ2n) is 5.53.